The summed E-state index contributed by atoms with van der Waals surface area (Å²) in [5.74, 6) is 0. The zero-order chi connectivity index (χ0) is 14.2. The molecule has 2 aromatic rings. The Hall–Kier alpha value is -1.97. The maximum absolute atomic E-state index is 10.0. The molecule has 1 heterocycles. The minimum absolute atomic E-state index is 0.196. The molecule has 0 saturated heterocycles. The third-order valence-corrected chi connectivity index (χ3v) is 3.08. The molecule has 0 aliphatic heterocycles. The third-order valence-electron chi connectivity index (χ3n) is 3.08. The molecule has 3 nitrogen and oxygen atoms in total. The molecule has 3 heteroatoms. The lowest BCUT2D eigenvalue weighted by atomic mass is 10.1. The van der Waals surface area contributed by atoms with Crippen LogP contribution in [0.2, 0.25) is 0 Å². The molecule has 0 saturated carbocycles. The van der Waals surface area contributed by atoms with E-state index in [-0.39, 0.29) is 6.04 Å². The topological polar surface area (TPSA) is 45.1 Å². The highest BCUT2D eigenvalue weighted by atomic mass is 16.3. The molecule has 0 radical (unpaired) electrons. The third kappa shape index (κ3) is 4.61. The average molecular weight is 268 g/mol. The van der Waals surface area contributed by atoms with Crippen LogP contribution >= 0.6 is 0 Å². The maximum atomic E-state index is 10.0. The van der Waals surface area contributed by atoms with Gasteiger partial charge in [0, 0.05) is 30.5 Å². The molecular weight excluding hydrogens is 248 g/mol. The van der Waals surface area contributed by atoms with Crippen LogP contribution in [-0.2, 0) is 0 Å². The Labute approximate surface area is 120 Å². The highest BCUT2D eigenvalue weighted by molar-refractivity contribution is 5.49. The first-order chi connectivity index (χ1) is 9.75. The summed E-state index contributed by atoms with van der Waals surface area (Å²) >= 11 is 0. The molecule has 1 aromatic heterocycles. The first-order valence-electron chi connectivity index (χ1n) is 6.80. The van der Waals surface area contributed by atoms with Gasteiger partial charge in [-0.15, -0.1) is 0 Å². The Morgan fingerprint density at radius 3 is 2.70 bits per heavy atom. The second kappa shape index (κ2) is 7.58. The molecule has 2 unspecified atom stereocenters. The molecule has 0 aliphatic rings. The fraction of sp³-hybridized carbons (Fsp3) is 0.235. The minimum atomic E-state index is -0.531. The van der Waals surface area contributed by atoms with Gasteiger partial charge in [-0.05, 0) is 18.6 Å². The second-order valence-corrected chi connectivity index (χ2v) is 4.77. The summed E-state index contributed by atoms with van der Waals surface area (Å²) in [5, 5.41) is 13.3. The van der Waals surface area contributed by atoms with Gasteiger partial charge in [-0.1, -0.05) is 48.6 Å². The van der Waals surface area contributed by atoms with Crippen LogP contribution in [0.4, 0.5) is 0 Å². The fourth-order valence-corrected chi connectivity index (χ4v) is 1.88. The second-order valence-electron chi connectivity index (χ2n) is 4.77. The predicted molar refractivity (Wildman–Crippen MR) is 82.1 cm³/mol. The van der Waals surface area contributed by atoms with Gasteiger partial charge < -0.3 is 10.4 Å². The molecule has 0 fully saturated rings. The number of aromatic nitrogens is 1. The van der Waals surface area contributed by atoms with Gasteiger partial charge in [0.15, 0.2) is 0 Å². The first kappa shape index (κ1) is 14.4. The summed E-state index contributed by atoms with van der Waals surface area (Å²) < 4.78 is 0. The lowest BCUT2D eigenvalue weighted by Gasteiger charge is -2.14. The van der Waals surface area contributed by atoms with Crippen LogP contribution in [0, 0.1) is 0 Å². The molecule has 0 bridgehead atoms. The standard InChI is InChI=1S/C17H20N2O/c1-14(9-10-15-6-3-2-4-7-15)19-13-17(20)16-8-5-11-18-12-16/h2-12,14,17,19-20H,13H2,1H3/b10-9+. The Bertz CT molecular complexity index is 525. The number of rotatable bonds is 6. The zero-order valence-electron chi connectivity index (χ0n) is 11.6. The number of nitrogens with zero attached hydrogens (tertiary/aromatic N) is 1. The lowest BCUT2D eigenvalue weighted by molar-refractivity contribution is 0.172. The molecule has 0 amide bonds. The van der Waals surface area contributed by atoms with Gasteiger partial charge in [0.25, 0.3) is 0 Å². The molecule has 20 heavy (non-hydrogen) atoms. The molecule has 0 aliphatic carbocycles. The smallest absolute Gasteiger partial charge is 0.0929 e. The van der Waals surface area contributed by atoms with Crippen molar-refractivity contribution >= 4 is 6.08 Å². The van der Waals surface area contributed by atoms with Crippen molar-refractivity contribution in [3.8, 4) is 0 Å². The van der Waals surface area contributed by atoms with Crippen molar-refractivity contribution < 1.29 is 5.11 Å². The number of pyridine rings is 1. The van der Waals surface area contributed by atoms with E-state index in [1.165, 1.54) is 5.56 Å². The summed E-state index contributed by atoms with van der Waals surface area (Å²) in [6, 6.07) is 14.1. The predicted octanol–water partition coefficient (Wildman–Crippen LogP) is 2.81. The average Bonchev–Trinajstić information content (AvgIpc) is 2.52. The van der Waals surface area contributed by atoms with E-state index < -0.39 is 6.10 Å². The summed E-state index contributed by atoms with van der Waals surface area (Å²) in [4.78, 5) is 4.01. The number of hydrogen-bond donors (Lipinski definition) is 2. The van der Waals surface area contributed by atoms with Crippen LogP contribution in [0.3, 0.4) is 0 Å². The number of aliphatic hydroxyl groups is 1. The monoisotopic (exact) mass is 268 g/mol. The van der Waals surface area contributed by atoms with Crippen molar-refractivity contribution in [1.29, 1.82) is 0 Å². The molecular formula is C17H20N2O. The van der Waals surface area contributed by atoms with Crippen LogP contribution in [-0.4, -0.2) is 22.7 Å². The Balaban J connectivity index is 1.81. The fourth-order valence-electron chi connectivity index (χ4n) is 1.88. The van der Waals surface area contributed by atoms with Crippen LogP contribution < -0.4 is 5.32 Å². The number of nitrogens with one attached hydrogen (secondary N) is 1. The number of aliphatic hydroxyl groups excluding tert-OH is 1. The highest BCUT2D eigenvalue weighted by Gasteiger charge is 2.07. The Morgan fingerprint density at radius 1 is 1.20 bits per heavy atom. The SMILES string of the molecule is CC(/C=C/c1ccccc1)NCC(O)c1cccnc1. The van der Waals surface area contributed by atoms with Gasteiger partial charge in [0.05, 0.1) is 6.10 Å². The van der Waals surface area contributed by atoms with E-state index in [1.807, 2.05) is 30.3 Å². The van der Waals surface area contributed by atoms with Crippen molar-refractivity contribution in [2.45, 2.75) is 19.1 Å². The summed E-state index contributed by atoms with van der Waals surface area (Å²) in [7, 11) is 0. The number of benzene rings is 1. The van der Waals surface area contributed by atoms with Gasteiger partial charge in [0.1, 0.15) is 0 Å². The molecule has 2 rings (SSSR count). The normalized spacial score (nSPS) is 14.3. The van der Waals surface area contributed by atoms with E-state index in [2.05, 4.69) is 41.5 Å². The van der Waals surface area contributed by atoms with E-state index in [0.29, 0.717) is 6.54 Å². The van der Waals surface area contributed by atoms with E-state index in [0.717, 1.165) is 5.56 Å². The van der Waals surface area contributed by atoms with Crippen LogP contribution in [0.15, 0.2) is 60.9 Å². The summed E-state index contributed by atoms with van der Waals surface area (Å²) in [6.45, 7) is 2.57. The zero-order valence-corrected chi connectivity index (χ0v) is 11.6. The van der Waals surface area contributed by atoms with E-state index in [4.69, 9.17) is 0 Å². The molecule has 2 N–H and O–H groups in total. The molecule has 2 atom stereocenters. The largest absolute Gasteiger partial charge is 0.387 e. The number of hydrogen-bond acceptors (Lipinski definition) is 3. The Morgan fingerprint density at radius 2 is 2.00 bits per heavy atom. The molecule has 104 valence electrons. The minimum Gasteiger partial charge on any atom is -0.387 e. The first-order valence-corrected chi connectivity index (χ1v) is 6.80. The van der Waals surface area contributed by atoms with Crippen molar-refractivity contribution in [2.75, 3.05) is 6.54 Å². The van der Waals surface area contributed by atoms with Crippen molar-refractivity contribution in [3.63, 3.8) is 0 Å². The van der Waals surface area contributed by atoms with Crippen LogP contribution in [0.1, 0.15) is 24.2 Å². The van der Waals surface area contributed by atoms with Gasteiger partial charge >= 0.3 is 0 Å². The summed E-state index contributed by atoms with van der Waals surface area (Å²) in [5.41, 5.74) is 2.01. The van der Waals surface area contributed by atoms with Crippen molar-refractivity contribution in [3.05, 3.63) is 72.1 Å². The van der Waals surface area contributed by atoms with Crippen molar-refractivity contribution in [1.82, 2.24) is 10.3 Å². The van der Waals surface area contributed by atoms with Gasteiger partial charge in [-0.2, -0.15) is 0 Å². The van der Waals surface area contributed by atoms with Gasteiger partial charge in [-0.25, -0.2) is 0 Å². The molecule has 0 spiro atoms. The van der Waals surface area contributed by atoms with Gasteiger partial charge in [0.2, 0.25) is 0 Å². The van der Waals surface area contributed by atoms with Crippen molar-refractivity contribution in [2.24, 2.45) is 0 Å². The maximum Gasteiger partial charge on any atom is 0.0929 e. The van der Waals surface area contributed by atoms with Crippen LogP contribution in [0.25, 0.3) is 6.08 Å². The lowest BCUT2D eigenvalue weighted by Crippen LogP contribution is -2.28. The van der Waals surface area contributed by atoms with Gasteiger partial charge in [-0.3, -0.25) is 4.98 Å². The van der Waals surface area contributed by atoms with E-state index in [1.54, 1.807) is 12.4 Å². The quantitative estimate of drug-likeness (QED) is 0.846. The molecule has 1 aromatic carbocycles. The highest BCUT2D eigenvalue weighted by Crippen LogP contribution is 2.09. The van der Waals surface area contributed by atoms with Crippen LogP contribution in [0.5, 0.6) is 0 Å². The van der Waals surface area contributed by atoms with E-state index in [9.17, 15) is 5.11 Å². The Kier molecular flexibility index (Phi) is 5.47. The summed E-state index contributed by atoms with van der Waals surface area (Å²) in [6.07, 6.45) is 7.03. The van der Waals surface area contributed by atoms with E-state index >= 15 is 0 Å².